The van der Waals surface area contributed by atoms with Gasteiger partial charge in [-0.2, -0.15) is 0 Å². The number of nitrogens with one attached hydrogen (secondary N) is 1. The van der Waals surface area contributed by atoms with Crippen LogP contribution in [-0.2, 0) is 11.2 Å². The van der Waals surface area contributed by atoms with Gasteiger partial charge < -0.3 is 16.0 Å². The zero-order valence-electron chi connectivity index (χ0n) is 12.3. The van der Waals surface area contributed by atoms with Crippen LogP contribution in [0.15, 0.2) is 29.3 Å². The Hall–Kier alpha value is -1.31. The summed E-state index contributed by atoms with van der Waals surface area (Å²) in [5.74, 6) is 0.334. The van der Waals surface area contributed by atoms with Gasteiger partial charge in [-0.15, -0.1) is 24.0 Å². The van der Waals surface area contributed by atoms with Crippen LogP contribution in [0.1, 0.15) is 25.3 Å². The first-order valence-electron chi connectivity index (χ1n) is 7.12. The summed E-state index contributed by atoms with van der Waals surface area (Å²) in [7, 11) is 0. The maximum Gasteiger partial charge on any atom is 0.244 e. The quantitative estimate of drug-likeness (QED) is 0.461. The molecule has 6 heteroatoms. The summed E-state index contributed by atoms with van der Waals surface area (Å²) in [6, 6.07) is 8.01. The van der Waals surface area contributed by atoms with Gasteiger partial charge in [-0.1, -0.05) is 19.1 Å². The molecule has 1 aromatic carbocycles. The summed E-state index contributed by atoms with van der Waals surface area (Å²) >= 11 is 0. The summed E-state index contributed by atoms with van der Waals surface area (Å²) in [6.45, 7) is 3.91. The van der Waals surface area contributed by atoms with Crippen LogP contribution in [0.2, 0.25) is 0 Å². The first kappa shape index (κ1) is 17.7. The van der Waals surface area contributed by atoms with Crippen molar-refractivity contribution in [3.05, 3.63) is 29.8 Å². The Balaban J connectivity index is 0.00000220. The number of nitrogens with two attached hydrogens (primary N) is 1. The molecule has 2 rings (SSSR count). The molecule has 0 aliphatic carbocycles. The second-order valence-electron chi connectivity index (χ2n) is 4.97. The van der Waals surface area contributed by atoms with E-state index in [0.717, 1.165) is 38.0 Å². The summed E-state index contributed by atoms with van der Waals surface area (Å²) in [5, 5.41) is 3.02. The Morgan fingerprint density at radius 2 is 2.10 bits per heavy atom. The fourth-order valence-corrected chi connectivity index (χ4v) is 2.28. The highest BCUT2D eigenvalue weighted by molar-refractivity contribution is 14.0. The van der Waals surface area contributed by atoms with Crippen LogP contribution in [0.25, 0.3) is 0 Å². The number of aryl methyl sites for hydroxylation is 1. The Labute approximate surface area is 143 Å². The third-order valence-corrected chi connectivity index (χ3v) is 3.45. The van der Waals surface area contributed by atoms with Gasteiger partial charge in [0.2, 0.25) is 5.91 Å². The molecule has 0 atom stereocenters. The minimum atomic E-state index is 0. The minimum absolute atomic E-state index is 0. The zero-order chi connectivity index (χ0) is 14.4. The molecule has 0 aromatic heterocycles. The van der Waals surface area contributed by atoms with Crippen LogP contribution < -0.4 is 11.1 Å². The van der Waals surface area contributed by atoms with Crippen molar-refractivity contribution in [3.63, 3.8) is 0 Å². The number of carbonyl (C=O) groups excluding carboxylic acids is 1. The SMILES string of the molecule is CCc1cccc(NC(N)=NCC(=O)N2CCCC2)c1.I. The van der Waals surface area contributed by atoms with Crippen molar-refractivity contribution in [1.29, 1.82) is 0 Å². The van der Waals surface area contributed by atoms with Crippen molar-refractivity contribution in [3.8, 4) is 0 Å². The number of hydrogen-bond donors (Lipinski definition) is 2. The standard InChI is InChI=1S/C15H22N4O.HI/c1-2-12-6-5-7-13(10-12)18-15(16)17-11-14(20)19-8-3-4-9-19;/h5-7,10H,2-4,8-9,11H2,1H3,(H3,16,17,18);1H. The molecule has 1 saturated heterocycles. The van der Waals surface area contributed by atoms with E-state index in [0.29, 0.717) is 0 Å². The number of halogens is 1. The molecule has 1 aliphatic rings. The van der Waals surface area contributed by atoms with Gasteiger partial charge in [0.1, 0.15) is 6.54 Å². The van der Waals surface area contributed by atoms with Crippen LogP contribution in [0.3, 0.4) is 0 Å². The van der Waals surface area contributed by atoms with Crippen LogP contribution in [0.5, 0.6) is 0 Å². The van der Waals surface area contributed by atoms with E-state index in [1.807, 2.05) is 23.1 Å². The molecule has 21 heavy (non-hydrogen) atoms. The van der Waals surface area contributed by atoms with E-state index in [9.17, 15) is 4.79 Å². The predicted octanol–water partition coefficient (Wildman–Crippen LogP) is 2.22. The predicted molar refractivity (Wildman–Crippen MR) is 97.2 cm³/mol. The number of nitrogens with zero attached hydrogens (tertiary/aromatic N) is 2. The summed E-state index contributed by atoms with van der Waals surface area (Å²) in [5.41, 5.74) is 7.95. The molecule has 5 nitrogen and oxygen atoms in total. The molecule has 1 aromatic rings. The monoisotopic (exact) mass is 402 g/mol. The number of likely N-dealkylation sites (tertiary alicyclic amines) is 1. The molecule has 1 amide bonds. The van der Waals surface area contributed by atoms with Crippen LogP contribution in [0.4, 0.5) is 5.69 Å². The number of amides is 1. The van der Waals surface area contributed by atoms with E-state index >= 15 is 0 Å². The first-order chi connectivity index (χ1) is 9.69. The second-order valence-corrected chi connectivity index (χ2v) is 4.97. The van der Waals surface area contributed by atoms with Crippen LogP contribution in [0, 0.1) is 0 Å². The Morgan fingerprint density at radius 1 is 1.38 bits per heavy atom. The molecule has 1 aliphatic heterocycles. The lowest BCUT2D eigenvalue weighted by atomic mass is 10.1. The number of benzene rings is 1. The molecule has 0 bridgehead atoms. The smallest absolute Gasteiger partial charge is 0.244 e. The number of anilines is 1. The van der Waals surface area contributed by atoms with Gasteiger partial charge in [-0.3, -0.25) is 4.79 Å². The van der Waals surface area contributed by atoms with Gasteiger partial charge in [-0.05, 0) is 37.0 Å². The molecule has 0 spiro atoms. The lowest BCUT2D eigenvalue weighted by Crippen LogP contribution is -2.31. The van der Waals surface area contributed by atoms with Gasteiger partial charge in [0.25, 0.3) is 0 Å². The molecule has 1 fully saturated rings. The summed E-state index contributed by atoms with van der Waals surface area (Å²) < 4.78 is 0. The van der Waals surface area contributed by atoms with Gasteiger partial charge in [0.15, 0.2) is 5.96 Å². The van der Waals surface area contributed by atoms with E-state index in [-0.39, 0.29) is 42.4 Å². The maximum absolute atomic E-state index is 11.8. The second kappa shape index (κ2) is 8.86. The fourth-order valence-electron chi connectivity index (χ4n) is 2.28. The molecule has 0 saturated carbocycles. The molecule has 3 N–H and O–H groups in total. The molecular formula is C15H23IN4O. The lowest BCUT2D eigenvalue weighted by Gasteiger charge is -2.13. The number of hydrogen-bond acceptors (Lipinski definition) is 2. The van der Waals surface area contributed by atoms with E-state index in [4.69, 9.17) is 5.73 Å². The Bertz CT molecular complexity index is 498. The molecule has 116 valence electrons. The van der Waals surface area contributed by atoms with Gasteiger partial charge in [0.05, 0.1) is 0 Å². The molecule has 0 unspecified atom stereocenters. The highest BCUT2D eigenvalue weighted by atomic mass is 127. The lowest BCUT2D eigenvalue weighted by molar-refractivity contribution is -0.128. The molecule has 0 radical (unpaired) electrons. The minimum Gasteiger partial charge on any atom is -0.370 e. The van der Waals surface area contributed by atoms with E-state index in [1.54, 1.807) is 0 Å². The summed E-state index contributed by atoms with van der Waals surface area (Å²) in [4.78, 5) is 17.8. The van der Waals surface area contributed by atoms with Crippen molar-refractivity contribution < 1.29 is 4.79 Å². The molecule has 1 heterocycles. The van der Waals surface area contributed by atoms with Crippen LogP contribution >= 0.6 is 24.0 Å². The number of rotatable bonds is 4. The van der Waals surface area contributed by atoms with Crippen molar-refractivity contribution in [1.82, 2.24) is 4.90 Å². The summed E-state index contributed by atoms with van der Waals surface area (Å²) in [6.07, 6.45) is 3.15. The van der Waals surface area contributed by atoms with E-state index < -0.39 is 0 Å². The largest absolute Gasteiger partial charge is 0.370 e. The zero-order valence-corrected chi connectivity index (χ0v) is 14.7. The Kier molecular flexibility index (Phi) is 7.49. The number of aliphatic imine (C=N–C) groups is 1. The van der Waals surface area contributed by atoms with Gasteiger partial charge >= 0.3 is 0 Å². The van der Waals surface area contributed by atoms with Crippen molar-refractivity contribution in [2.45, 2.75) is 26.2 Å². The third-order valence-electron chi connectivity index (χ3n) is 3.45. The molecular weight excluding hydrogens is 379 g/mol. The third kappa shape index (κ3) is 5.53. The van der Waals surface area contributed by atoms with Gasteiger partial charge in [-0.25, -0.2) is 4.99 Å². The van der Waals surface area contributed by atoms with Gasteiger partial charge in [0, 0.05) is 18.8 Å². The average molecular weight is 402 g/mol. The van der Waals surface area contributed by atoms with E-state index in [2.05, 4.69) is 23.3 Å². The van der Waals surface area contributed by atoms with Crippen LogP contribution in [-0.4, -0.2) is 36.4 Å². The highest BCUT2D eigenvalue weighted by Crippen LogP contribution is 2.11. The normalized spacial score (nSPS) is 14.7. The van der Waals surface area contributed by atoms with Crippen molar-refractivity contribution in [2.75, 3.05) is 25.0 Å². The topological polar surface area (TPSA) is 70.7 Å². The van der Waals surface area contributed by atoms with Crippen molar-refractivity contribution >= 4 is 41.5 Å². The average Bonchev–Trinajstić information content (AvgIpc) is 2.99. The Morgan fingerprint density at radius 3 is 2.76 bits per heavy atom. The first-order valence-corrected chi connectivity index (χ1v) is 7.12. The maximum atomic E-state index is 11.8. The highest BCUT2D eigenvalue weighted by Gasteiger charge is 2.16. The van der Waals surface area contributed by atoms with E-state index in [1.165, 1.54) is 5.56 Å². The number of carbonyl (C=O) groups is 1. The fraction of sp³-hybridized carbons (Fsp3) is 0.467. The number of guanidine groups is 1. The van der Waals surface area contributed by atoms with Crippen molar-refractivity contribution in [2.24, 2.45) is 10.7 Å².